The molecular weight excluding hydrogens is 270 g/mol. The Hall–Kier alpha value is -2.15. The number of carbonyl (C=O) groups is 1. The fourth-order valence-corrected chi connectivity index (χ4v) is 1.87. The van der Waals surface area contributed by atoms with Crippen molar-refractivity contribution in [2.75, 3.05) is 26.2 Å². The first-order valence-corrected chi connectivity index (χ1v) is 7.06. The zero-order chi connectivity index (χ0) is 15.7. The Morgan fingerprint density at radius 2 is 2.14 bits per heavy atom. The highest BCUT2D eigenvalue weighted by molar-refractivity contribution is 5.98. The number of nitrogens with one attached hydrogen (secondary N) is 1. The predicted octanol–water partition coefficient (Wildman–Crippen LogP) is 0.638. The Balaban J connectivity index is 2.42. The summed E-state index contributed by atoms with van der Waals surface area (Å²) in [6.45, 7) is 7.84. The molecule has 116 valence electrons. The largest absolute Gasteiger partial charge is 0.409 e. The SMILES string of the molecule is CCN(CC)CCCNC(=O)c1ccc(C(N)=NO)cn1. The summed E-state index contributed by atoms with van der Waals surface area (Å²) in [5, 5.41) is 14.2. The second-order valence-corrected chi connectivity index (χ2v) is 4.55. The Morgan fingerprint density at radius 1 is 1.43 bits per heavy atom. The van der Waals surface area contributed by atoms with Crippen LogP contribution in [0, 0.1) is 0 Å². The second-order valence-electron chi connectivity index (χ2n) is 4.55. The number of oxime groups is 1. The highest BCUT2D eigenvalue weighted by atomic mass is 16.4. The van der Waals surface area contributed by atoms with Crippen LogP contribution in [0.3, 0.4) is 0 Å². The highest BCUT2D eigenvalue weighted by Gasteiger charge is 2.08. The zero-order valence-corrected chi connectivity index (χ0v) is 12.5. The van der Waals surface area contributed by atoms with Crippen LogP contribution in [-0.2, 0) is 0 Å². The molecule has 1 rings (SSSR count). The van der Waals surface area contributed by atoms with E-state index in [1.165, 1.54) is 6.20 Å². The van der Waals surface area contributed by atoms with Gasteiger partial charge in [-0.05, 0) is 38.2 Å². The third-order valence-electron chi connectivity index (χ3n) is 3.23. The third-order valence-corrected chi connectivity index (χ3v) is 3.23. The fourth-order valence-electron chi connectivity index (χ4n) is 1.87. The molecule has 7 nitrogen and oxygen atoms in total. The van der Waals surface area contributed by atoms with Gasteiger partial charge in [0.05, 0.1) is 0 Å². The van der Waals surface area contributed by atoms with E-state index >= 15 is 0 Å². The van der Waals surface area contributed by atoms with Gasteiger partial charge >= 0.3 is 0 Å². The highest BCUT2D eigenvalue weighted by Crippen LogP contribution is 2.00. The predicted molar refractivity (Wildman–Crippen MR) is 81.5 cm³/mol. The number of pyridine rings is 1. The second kappa shape index (κ2) is 8.91. The lowest BCUT2D eigenvalue weighted by atomic mass is 10.2. The van der Waals surface area contributed by atoms with Crippen molar-refractivity contribution in [2.24, 2.45) is 10.9 Å². The average Bonchev–Trinajstić information content (AvgIpc) is 2.54. The molecule has 7 heteroatoms. The number of carbonyl (C=O) groups excluding carboxylic acids is 1. The van der Waals surface area contributed by atoms with Crippen LogP contribution in [0.1, 0.15) is 36.3 Å². The van der Waals surface area contributed by atoms with Gasteiger partial charge in [0.2, 0.25) is 0 Å². The van der Waals surface area contributed by atoms with E-state index in [2.05, 4.69) is 34.2 Å². The summed E-state index contributed by atoms with van der Waals surface area (Å²) < 4.78 is 0. The molecule has 0 saturated carbocycles. The molecular formula is C14H23N5O2. The molecule has 0 radical (unpaired) electrons. The molecule has 0 atom stereocenters. The molecule has 1 aromatic heterocycles. The lowest BCUT2D eigenvalue weighted by Gasteiger charge is -2.17. The first-order valence-electron chi connectivity index (χ1n) is 7.06. The molecule has 0 aliphatic rings. The van der Waals surface area contributed by atoms with Crippen LogP contribution in [0.4, 0.5) is 0 Å². The van der Waals surface area contributed by atoms with Crippen LogP contribution in [0.25, 0.3) is 0 Å². The van der Waals surface area contributed by atoms with Gasteiger partial charge in [-0.25, -0.2) is 0 Å². The van der Waals surface area contributed by atoms with Gasteiger partial charge in [-0.1, -0.05) is 19.0 Å². The van der Waals surface area contributed by atoms with Crippen LogP contribution in [-0.4, -0.2) is 53.0 Å². The summed E-state index contributed by atoms with van der Waals surface area (Å²) in [6, 6.07) is 3.14. The number of nitrogens with two attached hydrogens (primary N) is 1. The van der Waals surface area contributed by atoms with Crippen molar-refractivity contribution in [3.05, 3.63) is 29.6 Å². The van der Waals surface area contributed by atoms with Crippen molar-refractivity contribution in [3.63, 3.8) is 0 Å². The average molecular weight is 293 g/mol. The van der Waals surface area contributed by atoms with Crippen molar-refractivity contribution in [2.45, 2.75) is 20.3 Å². The lowest BCUT2D eigenvalue weighted by Crippen LogP contribution is -2.30. The molecule has 0 bridgehead atoms. The molecule has 1 amide bonds. The summed E-state index contributed by atoms with van der Waals surface area (Å²) in [7, 11) is 0. The van der Waals surface area contributed by atoms with Crippen LogP contribution in [0.5, 0.6) is 0 Å². The molecule has 0 unspecified atom stereocenters. The number of amides is 1. The quantitative estimate of drug-likeness (QED) is 0.214. The van der Waals surface area contributed by atoms with Crippen LogP contribution in [0.2, 0.25) is 0 Å². The van der Waals surface area contributed by atoms with Gasteiger partial charge in [0.15, 0.2) is 5.84 Å². The standard InChI is InChI=1S/C14H23N5O2/c1-3-19(4-2)9-5-8-16-14(20)12-7-6-11(10-17-12)13(15)18-21/h6-7,10,21H,3-5,8-9H2,1-2H3,(H2,15,18)(H,16,20). The van der Waals surface area contributed by atoms with E-state index in [0.29, 0.717) is 17.8 Å². The molecule has 0 spiro atoms. The van der Waals surface area contributed by atoms with Crippen LogP contribution < -0.4 is 11.1 Å². The van der Waals surface area contributed by atoms with Crippen LogP contribution >= 0.6 is 0 Å². The van der Waals surface area contributed by atoms with Gasteiger partial charge < -0.3 is 21.2 Å². The molecule has 0 aliphatic heterocycles. The van der Waals surface area contributed by atoms with E-state index in [9.17, 15) is 4.79 Å². The number of amidine groups is 1. The Bertz CT molecular complexity index is 469. The molecule has 4 N–H and O–H groups in total. The number of aromatic nitrogens is 1. The smallest absolute Gasteiger partial charge is 0.269 e. The van der Waals surface area contributed by atoms with Crippen LogP contribution in [0.15, 0.2) is 23.5 Å². The maximum Gasteiger partial charge on any atom is 0.269 e. The summed E-state index contributed by atoms with van der Waals surface area (Å²) in [5.74, 6) is -0.255. The summed E-state index contributed by atoms with van der Waals surface area (Å²) >= 11 is 0. The van der Waals surface area contributed by atoms with E-state index < -0.39 is 0 Å². The summed E-state index contributed by atoms with van der Waals surface area (Å²) in [6.07, 6.45) is 2.30. The van der Waals surface area contributed by atoms with E-state index in [0.717, 1.165) is 26.1 Å². The molecule has 0 aliphatic carbocycles. The van der Waals surface area contributed by atoms with Crippen molar-refractivity contribution in [1.29, 1.82) is 0 Å². The minimum Gasteiger partial charge on any atom is -0.409 e. The van der Waals surface area contributed by atoms with E-state index in [-0.39, 0.29) is 11.7 Å². The maximum atomic E-state index is 11.9. The minimum atomic E-state index is -0.222. The topological polar surface area (TPSA) is 104 Å². The summed E-state index contributed by atoms with van der Waals surface area (Å²) in [4.78, 5) is 18.2. The fraction of sp³-hybridized carbons (Fsp3) is 0.500. The van der Waals surface area contributed by atoms with Crippen molar-refractivity contribution < 1.29 is 10.0 Å². The molecule has 1 aromatic rings. The Labute approximate surface area is 124 Å². The van der Waals surface area contributed by atoms with Crippen molar-refractivity contribution >= 4 is 11.7 Å². The van der Waals surface area contributed by atoms with Gasteiger partial charge in [0, 0.05) is 18.3 Å². The maximum absolute atomic E-state index is 11.9. The van der Waals surface area contributed by atoms with Crippen molar-refractivity contribution in [3.8, 4) is 0 Å². The molecule has 0 aromatic carbocycles. The van der Waals surface area contributed by atoms with Gasteiger partial charge in [-0.15, -0.1) is 0 Å². The monoisotopic (exact) mass is 293 g/mol. The van der Waals surface area contributed by atoms with Crippen molar-refractivity contribution in [1.82, 2.24) is 15.2 Å². The van der Waals surface area contributed by atoms with E-state index in [4.69, 9.17) is 10.9 Å². The lowest BCUT2D eigenvalue weighted by molar-refractivity contribution is 0.0947. The van der Waals surface area contributed by atoms with Gasteiger partial charge in [-0.2, -0.15) is 0 Å². The van der Waals surface area contributed by atoms with E-state index in [1.807, 2.05) is 0 Å². The normalized spacial score (nSPS) is 11.7. The number of rotatable bonds is 8. The Morgan fingerprint density at radius 3 is 2.67 bits per heavy atom. The molecule has 0 fully saturated rings. The van der Waals surface area contributed by atoms with E-state index in [1.54, 1.807) is 12.1 Å². The van der Waals surface area contributed by atoms with Gasteiger partial charge in [0.25, 0.3) is 5.91 Å². The van der Waals surface area contributed by atoms with Gasteiger partial charge in [0.1, 0.15) is 5.69 Å². The first kappa shape index (κ1) is 16.9. The zero-order valence-electron chi connectivity index (χ0n) is 12.5. The Kier molecular flexibility index (Phi) is 7.17. The molecule has 0 saturated heterocycles. The number of nitrogens with zero attached hydrogens (tertiary/aromatic N) is 3. The molecule has 21 heavy (non-hydrogen) atoms. The van der Waals surface area contributed by atoms with Gasteiger partial charge in [-0.3, -0.25) is 9.78 Å². The molecule has 1 heterocycles. The third kappa shape index (κ3) is 5.39. The number of hydrogen-bond donors (Lipinski definition) is 3. The minimum absolute atomic E-state index is 0.0336. The number of hydrogen-bond acceptors (Lipinski definition) is 5. The first-order chi connectivity index (χ1) is 10.1. The summed E-state index contributed by atoms with van der Waals surface area (Å²) in [5.41, 5.74) is 6.21.